The molecule has 7 heteroatoms. The van der Waals surface area contributed by atoms with E-state index in [-0.39, 0.29) is 5.78 Å². The zero-order valence-corrected chi connectivity index (χ0v) is 18.8. The summed E-state index contributed by atoms with van der Waals surface area (Å²) in [6, 6.07) is 25.8. The van der Waals surface area contributed by atoms with Crippen LogP contribution in [0.3, 0.4) is 0 Å². The van der Waals surface area contributed by atoms with Gasteiger partial charge in [0, 0.05) is 18.1 Å². The van der Waals surface area contributed by atoms with E-state index in [0.29, 0.717) is 5.04 Å². The molecule has 6 nitrogen and oxygen atoms in total. The Kier molecular flexibility index (Phi) is 4.98. The summed E-state index contributed by atoms with van der Waals surface area (Å²) in [4.78, 5) is 11.6. The van der Waals surface area contributed by atoms with Crippen molar-refractivity contribution in [3.63, 3.8) is 0 Å². The standard InChI is InChI=1S/C25H22N4O2S/c1-17-22-11-7-8-12-23(22)25(28(26-17)19-9-5-4-6-10-19)29(27-24(32-25)18(2)30)20-13-15-21(31-3)16-14-20/h4-16H,1-3H3/t25-/m1/s1. The number of carbonyl (C=O) groups excluding carboxylic acids is 1. The molecule has 0 unspecified atom stereocenters. The molecule has 0 N–H and O–H groups in total. The van der Waals surface area contributed by atoms with Crippen LogP contribution in [-0.2, 0) is 9.79 Å². The van der Waals surface area contributed by atoms with Crippen molar-refractivity contribution >= 4 is 39.7 Å². The molecular weight excluding hydrogens is 420 g/mol. The summed E-state index contributed by atoms with van der Waals surface area (Å²) in [5.74, 6) is 0.672. The van der Waals surface area contributed by atoms with Gasteiger partial charge in [-0.05, 0) is 55.1 Å². The minimum Gasteiger partial charge on any atom is -0.497 e. The van der Waals surface area contributed by atoms with Crippen LogP contribution >= 0.6 is 11.8 Å². The van der Waals surface area contributed by atoms with Crippen molar-refractivity contribution in [2.24, 2.45) is 10.2 Å². The number of methoxy groups -OCH3 is 1. The van der Waals surface area contributed by atoms with Gasteiger partial charge in [0.2, 0.25) is 4.99 Å². The molecule has 2 heterocycles. The SMILES string of the molecule is COc1ccc(N2N=C(C(C)=O)S[C@@]23c2ccccc2C(C)=NN3c2ccccc2)cc1. The first kappa shape index (κ1) is 20.3. The Morgan fingerprint density at radius 1 is 0.875 bits per heavy atom. The van der Waals surface area contributed by atoms with Gasteiger partial charge in [-0.15, -0.1) is 0 Å². The fraction of sp³-hybridized carbons (Fsp3) is 0.160. The third-order valence-electron chi connectivity index (χ3n) is 5.54. The minimum absolute atomic E-state index is 0.0813. The summed E-state index contributed by atoms with van der Waals surface area (Å²) in [7, 11) is 1.64. The molecule has 1 atom stereocenters. The lowest BCUT2D eigenvalue weighted by Crippen LogP contribution is -2.53. The van der Waals surface area contributed by atoms with Gasteiger partial charge in [-0.1, -0.05) is 42.5 Å². The van der Waals surface area contributed by atoms with Crippen LogP contribution in [0.25, 0.3) is 0 Å². The van der Waals surface area contributed by atoms with E-state index in [1.165, 1.54) is 11.8 Å². The van der Waals surface area contributed by atoms with Crippen molar-refractivity contribution in [3.05, 3.63) is 90.0 Å². The lowest BCUT2D eigenvalue weighted by Gasteiger charge is -2.46. The van der Waals surface area contributed by atoms with Crippen molar-refractivity contribution in [1.29, 1.82) is 0 Å². The van der Waals surface area contributed by atoms with Gasteiger partial charge in [0.15, 0.2) is 10.8 Å². The van der Waals surface area contributed by atoms with Crippen molar-refractivity contribution < 1.29 is 9.53 Å². The van der Waals surface area contributed by atoms with Gasteiger partial charge in [-0.25, -0.2) is 10.0 Å². The molecule has 160 valence electrons. The van der Waals surface area contributed by atoms with Crippen LogP contribution in [0.4, 0.5) is 11.4 Å². The third-order valence-corrected chi connectivity index (χ3v) is 6.95. The lowest BCUT2D eigenvalue weighted by molar-refractivity contribution is -0.110. The number of benzene rings is 3. The average molecular weight is 443 g/mol. The summed E-state index contributed by atoms with van der Waals surface area (Å²) in [6.45, 7) is 3.55. The largest absolute Gasteiger partial charge is 0.497 e. The second-order valence-electron chi connectivity index (χ2n) is 7.56. The normalized spacial score (nSPS) is 19.5. The molecule has 1 spiro atoms. The van der Waals surface area contributed by atoms with Gasteiger partial charge in [-0.2, -0.15) is 10.2 Å². The third kappa shape index (κ3) is 3.08. The van der Waals surface area contributed by atoms with Gasteiger partial charge >= 0.3 is 0 Å². The molecule has 5 rings (SSSR count). The number of ether oxygens (including phenoxy) is 1. The number of thioether (sulfide) groups is 1. The van der Waals surface area contributed by atoms with E-state index in [1.54, 1.807) is 14.0 Å². The molecule has 0 bridgehead atoms. The summed E-state index contributed by atoms with van der Waals surface area (Å²) in [5, 5.41) is 14.1. The van der Waals surface area contributed by atoms with E-state index >= 15 is 0 Å². The quantitative estimate of drug-likeness (QED) is 0.555. The Morgan fingerprint density at radius 2 is 1.50 bits per heavy atom. The van der Waals surface area contributed by atoms with Crippen LogP contribution in [0.1, 0.15) is 25.0 Å². The summed E-state index contributed by atoms with van der Waals surface area (Å²) in [5.41, 5.74) is 4.71. The number of carbonyl (C=O) groups is 1. The summed E-state index contributed by atoms with van der Waals surface area (Å²) >= 11 is 1.42. The molecule has 0 fully saturated rings. The van der Waals surface area contributed by atoms with E-state index < -0.39 is 4.99 Å². The number of para-hydroxylation sites is 1. The molecule has 3 aromatic rings. The second kappa shape index (κ2) is 7.84. The van der Waals surface area contributed by atoms with Gasteiger partial charge in [0.1, 0.15) is 5.75 Å². The number of hydrogen-bond acceptors (Lipinski definition) is 7. The number of anilines is 2. The predicted octanol–water partition coefficient (Wildman–Crippen LogP) is 5.21. The zero-order valence-electron chi connectivity index (χ0n) is 18.0. The summed E-state index contributed by atoms with van der Waals surface area (Å²) < 4.78 is 5.34. The number of rotatable bonds is 4. The number of Topliss-reactive ketones (excluding diaryl/α,β-unsaturated/α-hetero) is 1. The highest BCUT2D eigenvalue weighted by Gasteiger charge is 2.55. The lowest BCUT2D eigenvalue weighted by atomic mass is 9.98. The average Bonchev–Trinajstić information content (AvgIpc) is 3.24. The molecule has 0 aromatic heterocycles. The number of hydrogen-bond donors (Lipinski definition) is 0. The number of ketones is 1. The molecule has 0 saturated heterocycles. The molecule has 0 radical (unpaired) electrons. The molecule has 0 amide bonds. The van der Waals surface area contributed by atoms with E-state index in [9.17, 15) is 4.79 Å². The van der Waals surface area contributed by atoms with Crippen molar-refractivity contribution in [2.45, 2.75) is 18.8 Å². The van der Waals surface area contributed by atoms with Crippen molar-refractivity contribution in [1.82, 2.24) is 0 Å². The van der Waals surface area contributed by atoms with Gasteiger partial charge in [-0.3, -0.25) is 4.79 Å². The molecule has 2 aliphatic heterocycles. The fourth-order valence-electron chi connectivity index (χ4n) is 4.03. The van der Waals surface area contributed by atoms with Crippen molar-refractivity contribution in [3.8, 4) is 5.75 Å². The van der Waals surface area contributed by atoms with Crippen LogP contribution in [0, 0.1) is 0 Å². The molecule has 3 aromatic carbocycles. The highest BCUT2D eigenvalue weighted by molar-refractivity contribution is 8.17. The summed E-state index contributed by atoms with van der Waals surface area (Å²) in [6.07, 6.45) is 0. The number of fused-ring (bicyclic) bond motifs is 2. The minimum atomic E-state index is -0.896. The Morgan fingerprint density at radius 3 is 2.19 bits per heavy atom. The maximum atomic E-state index is 12.5. The second-order valence-corrected chi connectivity index (χ2v) is 8.72. The molecular formula is C25H22N4O2S. The van der Waals surface area contributed by atoms with Crippen molar-refractivity contribution in [2.75, 3.05) is 17.1 Å². The van der Waals surface area contributed by atoms with Gasteiger partial charge in [0.05, 0.1) is 24.2 Å². The van der Waals surface area contributed by atoms with E-state index in [2.05, 4.69) is 12.1 Å². The number of nitrogens with zero attached hydrogens (tertiary/aromatic N) is 4. The first-order chi connectivity index (χ1) is 15.5. The topological polar surface area (TPSA) is 57.5 Å². The maximum absolute atomic E-state index is 12.5. The molecule has 0 saturated carbocycles. The van der Waals surface area contributed by atoms with Crippen LogP contribution in [0.15, 0.2) is 89.1 Å². The van der Waals surface area contributed by atoms with Crippen LogP contribution in [-0.4, -0.2) is 23.6 Å². The van der Waals surface area contributed by atoms with Crippen LogP contribution in [0.2, 0.25) is 0 Å². The Bertz CT molecular complexity index is 1240. The highest BCUT2D eigenvalue weighted by atomic mass is 32.2. The first-order valence-electron chi connectivity index (χ1n) is 10.3. The Hall–Kier alpha value is -3.58. The van der Waals surface area contributed by atoms with Crippen LogP contribution in [0.5, 0.6) is 5.75 Å². The smallest absolute Gasteiger partial charge is 0.234 e. The van der Waals surface area contributed by atoms with E-state index in [1.807, 2.05) is 83.7 Å². The predicted molar refractivity (Wildman–Crippen MR) is 130 cm³/mol. The molecule has 32 heavy (non-hydrogen) atoms. The van der Waals surface area contributed by atoms with Gasteiger partial charge < -0.3 is 4.74 Å². The van der Waals surface area contributed by atoms with Crippen LogP contribution < -0.4 is 14.8 Å². The van der Waals surface area contributed by atoms with E-state index in [4.69, 9.17) is 14.9 Å². The van der Waals surface area contributed by atoms with E-state index in [0.717, 1.165) is 34.0 Å². The van der Waals surface area contributed by atoms with Gasteiger partial charge in [0.25, 0.3) is 0 Å². The fourth-order valence-corrected chi connectivity index (χ4v) is 5.32. The molecule has 2 aliphatic rings. The number of hydrazone groups is 2. The first-order valence-corrected chi connectivity index (χ1v) is 11.1. The highest BCUT2D eigenvalue weighted by Crippen LogP contribution is 2.54. The molecule has 0 aliphatic carbocycles. The Labute approximate surface area is 191 Å². The zero-order chi connectivity index (χ0) is 22.3. The Balaban J connectivity index is 1.79. The maximum Gasteiger partial charge on any atom is 0.234 e. The monoisotopic (exact) mass is 442 g/mol.